The van der Waals surface area contributed by atoms with Gasteiger partial charge in [-0.05, 0) is 18.1 Å². The van der Waals surface area contributed by atoms with Gasteiger partial charge in [0.25, 0.3) is 0 Å². The first-order valence-electron chi connectivity index (χ1n) is 6.33. The summed E-state index contributed by atoms with van der Waals surface area (Å²) in [6.45, 7) is 4.34. The van der Waals surface area contributed by atoms with E-state index in [0.717, 1.165) is 10.9 Å². The average molecular weight is 255 g/mol. The molecule has 0 saturated heterocycles. The molecule has 1 unspecified atom stereocenters. The first kappa shape index (κ1) is 13.3. The molecular weight excluding hydrogens is 238 g/mol. The van der Waals surface area contributed by atoms with Crippen LogP contribution in [0.4, 0.5) is 5.82 Å². The lowest BCUT2D eigenvalue weighted by Gasteiger charge is -2.15. The highest BCUT2D eigenvalue weighted by Gasteiger charge is 2.10. The number of nitriles is 1. The van der Waals surface area contributed by atoms with Crippen molar-refractivity contribution in [3.8, 4) is 6.07 Å². The van der Waals surface area contributed by atoms with Crippen LogP contribution in [-0.2, 0) is 0 Å². The highest BCUT2D eigenvalue weighted by Crippen LogP contribution is 2.20. The Morgan fingerprint density at radius 3 is 2.79 bits per heavy atom. The molecule has 0 bridgehead atoms. The Morgan fingerprint density at radius 1 is 1.37 bits per heavy atom. The third kappa shape index (κ3) is 3.01. The minimum Gasteiger partial charge on any atom is -0.391 e. The van der Waals surface area contributed by atoms with Crippen LogP contribution in [0.5, 0.6) is 0 Å². The van der Waals surface area contributed by atoms with Crippen LogP contribution >= 0.6 is 0 Å². The molecule has 2 rings (SSSR count). The van der Waals surface area contributed by atoms with Gasteiger partial charge in [0.05, 0.1) is 23.3 Å². The Bertz CT molecular complexity index is 616. The average Bonchev–Trinajstić information content (AvgIpc) is 2.43. The monoisotopic (exact) mass is 255 g/mol. The Kier molecular flexibility index (Phi) is 3.98. The number of benzene rings is 1. The number of aliphatic hydroxyl groups excluding tert-OH is 1. The van der Waals surface area contributed by atoms with E-state index in [1.807, 2.05) is 38.1 Å². The molecule has 4 heteroatoms. The quantitative estimate of drug-likeness (QED) is 0.880. The molecule has 0 aliphatic carbocycles. The largest absolute Gasteiger partial charge is 0.391 e. The van der Waals surface area contributed by atoms with Crippen molar-refractivity contribution in [3.63, 3.8) is 0 Å². The number of hydrogen-bond donors (Lipinski definition) is 2. The van der Waals surface area contributed by atoms with E-state index in [1.165, 1.54) is 0 Å². The summed E-state index contributed by atoms with van der Waals surface area (Å²) >= 11 is 0. The van der Waals surface area contributed by atoms with Crippen LogP contribution in [0.2, 0.25) is 0 Å². The minimum atomic E-state index is -0.432. The van der Waals surface area contributed by atoms with E-state index in [1.54, 1.807) is 6.07 Å². The van der Waals surface area contributed by atoms with Crippen molar-refractivity contribution in [2.75, 3.05) is 11.9 Å². The van der Waals surface area contributed by atoms with Crippen LogP contribution in [-0.4, -0.2) is 22.7 Å². The molecule has 1 aromatic carbocycles. The van der Waals surface area contributed by atoms with Gasteiger partial charge in [-0.15, -0.1) is 0 Å². The smallest absolute Gasteiger partial charge is 0.128 e. The Labute approximate surface area is 112 Å². The molecule has 4 nitrogen and oxygen atoms in total. The van der Waals surface area contributed by atoms with Gasteiger partial charge in [-0.3, -0.25) is 0 Å². The van der Waals surface area contributed by atoms with E-state index in [2.05, 4.69) is 16.4 Å². The van der Waals surface area contributed by atoms with E-state index >= 15 is 0 Å². The predicted molar refractivity (Wildman–Crippen MR) is 75.8 cm³/mol. The van der Waals surface area contributed by atoms with Gasteiger partial charge in [0.2, 0.25) is 0 Å². The third-order valence-corrected chi connectivity index (χ3v) is 3.10. The lowest BCUT2D eigenvalue weighted by Crippen LogP contribution is -2.25. The predicted octanol–water partition coefficient (Wildman–Crippen LogP) is 2.54. The number of anilines is 1. The maximum Gasteiger partial charge on any atom is 0.128 e. The highest BCUT2D eigenvalue weighted by molar-refractivity contribution is 5.86. The fourth-order valence-corrected chi connectivity index (χ4v) is 1.80. The van der Waals surface area contributed by atoms with Crippen LogP contribution in [0.1, 0.15) is 19.4 Å². The Morgan fingerprint density at radius 2 is 2.11 bits per heavy atom. The number of nitrogens with zero attached hydrogens (tertiary/aromatic N) is 2. The summed E-state index contributed by atoms with van der Waals surface area (Å²) < 4.78 is 0. The van der Waals surface area contributed by atoms with Crippen molar-refractivity contribution in [1.82, 2.24) is 4.98 Å². The van der Waals surface area contributed by atoms with E-state index in [9.17, 15) is 10.4 Å². The van der Waals surface area contributed by atoms with Crippen LogP contribution in [0, 0.1) is 17.2 Å². The number of nitrogens with one attached hydrogen (secondary N) is 1. The summed E-state index contributed by atoms with van der Waals surface area (Å²) in [7, 11) is 0. The SMILES string of the molecule is CC(C)C(O)CNc1cc(C#N)c2ccccc2n1. The second-order valence-electron chi connectivity index (χ2n) is 4.88. The molecule has 1 atom stereocenters. The maximum atomic E-state index is 9.77. The molecule has 0 fully saturated rings. The van der Waals surface area contributed by atoms with Gasteiger partial charge in [0.15, 0.2) is 0 Å². The fourth-order valence-electron chi connectivity index (χ4n) is 1.80. The second kappa shape index (κ2) is 5.68. The number of rotatable bonds is 4. The van der Waals surface area contributed by atoms with E-state index in [4.69, 9.17) is 0 Å². The third-order valence-electron chi connectivity index (χ3n) is 3.10. The number of aliphatic hydroxyl groups is 1. The maximum absolute atomic E-state index is 9.77. The number of pyridine rings is 1. The van der Waals surface area contributed by atoms with Gasteiger partial charge in [-0.1, -0.05) is 32.0 Å². The molecule has 2 N–H and O–H groups in total. The molecular formula is C15H17N3O. The molecule has 0 radical (unpaired) electrons. The molecule has 98 valence electrons. The van der Waals surface area contributed by atoms with Gasteiger partial charge < -0.3 is 10.4 Å². The summed E-state index contributed by atoms with van der Waals surface area (Å²) in [6.07, 6.45) is -0.432. The molecule has 1 aromatic heterocycles. The van der Waals surface area contributed by atoms with Gasteiger partial charge in [-0.25, -0.2) is 4.98 Å². The van der Waals surface area contributed by atoms with Crippen LogP contribution in [0.15, 0.2) is 30.3 Å². The molecule has 1 heterocycles. The van der Waals surface area contributed by atoms with Gasteiger partial charge >= 0.3 is 0 Å². The molecule has 0 saturated carbocycles. The zero-order chi connectivity index (χ0) is 13.8. The van der Waals surface area contributed by atoms with E-state index < -0.39 is 6.10 Å². The molecule has 0 aliphatic heterocycles. The summed E-state index contributed by atoms with van der Waals surface area (Å²) in [5.41, 5.74) is 1.37. The number of fused-ring (bicyclic) bond motifs is 1. The van der Waals surface area contributed by atoms with E-state index in [-0.39, 0.29) is 5.92 Å². The molecule has 0 spiro atoms. The lowest BCUT2D eigenvalue weighted by atomic mass is 10.1. The van der Waals surface area contributed by atoms with Crippen LogP contribution in [0.3, 0.4) is 0 Å². The summed E-state index contributed by atoms with van der Waals surface area (Å²) in [4.78, 5) is 4.44. The topological polar surface area (TPSA) is 68.9 Å². The van der Waals surface area contributed by atoms with Crippen molar-refractivity contribution >= 4 is 16.7 Å². The molecule has 2 aromatic rings. The molecule has 0 aliphatic rings. The van der Waals surface area contributed by atoms with Crippen molar-refractivity contribution in [3.05, 3.63) is 35.9 Å². The Balaban J connectivity index is 2.28. The Hall–Kier alpha value is -2.12. The summed E-state index contributed by atoms with van der Waals surface area (Å²) in [5.74, 6) is 0.804. The highest BCUT2D eigenvalue weighted by atomic mass is 16.3. The number of para-hydroxylation sites is 1. The van der Waals surface area contributed by atoms with Crippen molar-refractivity contribution < 1.29 is 5.11 Å². The van der Waals surface area contributed by atoms with Crippen LogP contribution < -0.4 is 5.32 Å². The fraction of sp³-hybridized carbons (Fsp3) is 0.333. The van der Waals surface area contributed by atoms with Gasteiger partial charge in [0.1, 0.15) is 5.82 Å². The van der Waals surface area contributed by atoms with Crippen molar-refractivity contribution in [1.29, 1.82) is 5.26 Å². The first-order chi connectivity index (χ1) is 9.11. The van der Waals surface area contributed by atoms with Gasteiger partial charge in [-0.2, -0.15) is 5.26 Å². The summed E-state index contributed by atoms with van der Waals surface area (Å²) in [6, 6.07) is 11.4. The zero-order valence-electron chi connectivity index (χ0n) is 11.1. The van der Waals surface area contributed by atoms with Crippen molar-refractivity contribution in [2.45, 2.75) is 20.0 Å². The molecule has 0 amide bonds. The zero-order valence-corrected chi connectivity index (χ0v) is 11.1. The van der Waals surface area contributed by atoms with E-state index in [0.29, 0.717) is 17.9 Å². The lowest BCUT2D eigenvalue weighted by molar-refractivity contribution is 0.138. The number of aromatic nitrogens is 1. The second-order valence-corrected chi connectivity index (χ2v) is 4.88. The van der Waals surface area contributed by atoms with Gasteiger partial charge in [0, 0.05) is 11.9 Å². The minimum absolute atomic E-state index is 0.184. The normalized spacial score (nSPS) is 12.4. The van der Waals surface area contributed by atoms with Crippen LogP contribution in [0.25, 0.3) is 10.9 Å². The summed E-state index contributed by atoms with van der Waals surface area (Å²) in [5, 5.41) is 22.9. The number of hydrogen-bond acceptors (Lipinski definition) is 4. The first-order valence-corrected chi connectivity index (χ1v) is 6.33. The molecule has 19 heavy (non-hydrogen) atoms. The van der Waals surface area contributed by atoms with Crippen molar-refractivity contribution in [2.24, 2.45) is 5.92 Å². The standard InChI is InChI=1S/C15H17N3O/c1-10(2)14(19)9-17-15-7-11(8-16)12-5-3-4-6-13(12)18-15/h3-7,10,14,19H,9H2,1-2H3,(H,17,18).